The molecule has 7 heteroatoms. The zero-order valence-corrected chi connectivity index (χ0v) is 10.8. The second kappa shape index (κ2) is 6.30. The van der Waals surface area contributed by atoms with Crippen LogP contribution < -0.4 is 4.72 Å². The van der Waals surface area contributed by atoms with E-state index in [9.17, 15) is 12.8 Å². The van der Waals surface area contributed by atoms with Gasteiger partial charge in [-0.15, -0.1) is 11.6 Å². The Morgan fingerprint density at radius 3 is 2.71 bits per heavy atom. The molecule has 1 N–H and O–H groups in total. The molecule has 0 fully saturated rings. The van der Waals surface area contributed by atoms with Gasteiger partial charge in [-0.05, 0) is 17.7 Å². The number of rotatable bonds is 6. The van der Waals surface area contributed by atoms with Gasteiger partial charge in [-0.2, -0.15) is 0 Å². The first-order valence-electron chi connectivity index (χ1n) is 4.84. The molecule has 0 aliphatic carbocycles. The van der Waals surface area contributed by atoms with Crippen LogP contribution >= 0.6 is 11.6 Å². The second-order valence-electron chi connectivity index (χ2n) is 3.29. The van der Waals surface area contributed by atoms with Gasteiger partial charge in [0, 0.05) is 19.5 Å². The number of methoxy groups -OCH3 is 1. The van der Waals surface area contributed by atoms with Gasteiger partial charge in [-0.25, -0.2) is 17.5 Å². The van der Waals surface area contributed by atoms with Crippen molar-refractivity contribution in [3.63, 3.8) is 0 Å². The first-order chi connectivity index (χ1) is 8.01. The summed E-state index contributed by atoms with van der Waals surface area (Å²) in [5.41, 5.74) is 0.528. The van der Waals surface area contributed by atoms with E-state index < -0.39 is 15.8 Å². The van der Waals surface area contributed by atoms with Crippen molar-refractivity contribution < 1.29 is 17.5 Å². The van der Waals surface area contributed by atoms with Gasteiger partial charge in [0.15, 0.2) is 0 Å². The number of hydrogen-bond donors (Lipinski definition) is 1. The van der Waals surface area contributed by atoms with Crippen LogP contribution in [0.15, 0.2) is 23.1 Å². The Kier molecular flexibility index (Phi) is 5.32. The van der Waals surface area contributed by atoms with Crippen LogP contribution in [0, 0.1) is 5.82 Å². The van der Waals surface area contributed by atoms with Gasteiger partial charge >= 0.3 is 0 Å². The molecule has 0 saturated carbocycles. The molecular weight excluding hydrogens is 269 g/mol. The Hall–Kier alpha value is -0.690. The van der Waals surface area contributed by atoms with Gasteiger partial charge in [0.05, 0.1) is 6.61 Å². The lowest BCUT2D eigenvalue weighted by Gasteiger charge is -2.07. The molecule has 0 atom stereocenters. The van der Waals surface area contributed by atoms with Crippen LogP contribution in [0.5, 0.6) is 0 Å². The normalized spacial score (nSPS) is 11.7. The topological polar surface area (TPSA) is 55.4 Å². The first-order valence-corrected chi connectivity index (χ1v) is 6.86. The Morgan fingerprint density at radius 1 is 1.47 bits per heavy atom. The van der Waals surface area contributed by atoms with Crippen molar-refractivity contribution >= 4 is 21.6 Å². The molecule has 17 heavy (non-hydrogen) atoms. The van der Waals surface area contributed by atoms with E-state index in [0.29, 0.717) is 5.56 Å². The minimum absolute atomic E-state index is 0.0928. The molecule has 0 unspecified atom stereocenters. The minimum atomic E-state index is -3.84. The number of ether oxygens (including phenoxy) is 1. The van der Waals surface area contributed by atoms with E-state index in [0.717, 1.165) is 6.07 Å². The highest BCUT2D eigenvalue weighted by molar-refractivity contribution is 7.89. The van der Waals surface area contributed by atoms with E-state index in [1.54, 1.807) is 0 Å². The van der Waals surface area contributed by atoms with E-state index in [1.165, 1.54) is 19.2 Å². The predicted molar refractivity (Wildman–Crippen MR) is 63.0 cm³/mol. The lowest BCUT2D eigenvalue weighted by Crippen LogP contribution is -2.27. The molecule has 96 valence electrons. The lowest BCUT2D eigenvalue weighted by atomic mass is 10.2. The van der Waals surface area contributed by atoms with Crippen LogP contribution in [-0.4, -0.2) is 28.7 Å². The summed E-state index contributed by atoms with van der Waals surface area (Å²) in [5, 5.41) is 0. The fourth-order valence-corrected chi connectivity index (χ4v) is 2.44. The Morgan fingerprint density at radius 2 is 2.18 bits per heavy atom. The average molecular weight is 282 g/mol. The summed E-state index contributed by atoms with van der Waals surface area (Å²) >= 11 is 5.52. The highest BCUT2D eigenvalue weighted by Gasteiger charge is 2.18. The van der Waals surface area contributed by atoms with E-state index >= 15 is 0 Å². The van der Waals surface area contributed by atoms with Crippen LogP contribution in [0.25, 0.3) is 0 Å². The first kappa shape index (κ1) is 14.4. The van der Waals surface area contributed by atoms with Crippen LogP contribution in [0.4, 0.5) is 4.39 Å². The van der Waals surface area contributed by atoms with E-state index in [4.69, 9.17) is 16.3 Å². The number of sulfonamides is 1. The van der Waals surface area contributed by atoms with Gasteiger partial charge in [-0.3, -0.25) is 0 Å². The summed E-state index contributed by atoms with van der Waals surface area (Å²) in [6.07, 6.45) is 0. The smallest absolute Gasteiger partial charge is 0.243 e. The van der Waals surface area contributed by atoms with Gasteiger partial charge in [0.1, 0.15) is 10.7 Å². The maximum absolute atomic E-state index is 13.5. The van der Waals surface area contributed by atoms with E-state index in [-0.39, 0.29) is 23.9 Å². The highest BCUT2D eigenvalue weighted by atomic mass is 35.5. The number of hydrogen-bond acceptors (Lipinski definition) is 3. The quantitative estimate of drug-likeness (QED) is 0.635. The molecule has 0 aromatic heterocycles. The predicted octanol–water partition coefficient (Wildman–Crippen LogP) is 1.49. The molecule has 1 rings (SSSR count). The largest absolute Gasteiger partial charge is 0.383 e. The third-order valence-corrected chi connectivity index (χ3v) is 3.84. The molecular formula is C10H13ClFNO3S. The molecule has 1 aromatic carbocycles. The summed E-state index contributed by atoms with van der Waals surface area (Å²) in [6.45, 7) is 0.316. The summed E-state index contributed by atoms with van der Waals surface area (Å²) in [7, 11) is -2.39. The van der Waals surface area contributed by atoms with Gasteiger partial charge in [0.25, 0.3) is 0 Å². The minimum Gasteiger partial charge on any atom is -0.383 e. The maximum atomic E-state index is 13.5. The molecule has 0 amide bonds. The molecule has 0 spiro atoms. The van der Waals surface area contributed by atoms with Crippen molar-refractivity contribution in [2.75, 3.05) is 20.3 Å². The van der Waals surface area contributed by atoms with E-state index in [2.05, 4.69) is 4.72 Å². The summed E-state index contributed by atoms with van der Waals surface area (Å²) < 4.78 is 43.8. The fraction of sp³-hybridized carbons (Fsp3) is 0.400. The Labute approximate surface area is 105 Å². The third kappa shape index (κ3) is 3.92. The molecule has 0 aliphatic rings. The SMILES string of the molecule is COCCNS(=O)(=O)c1ccc(CCl)cc1F. The Balaban J connectivity index is 2.91. The number of alkyl halides is 1. The number of halogens is 2. The molecule has 0 heterocycles. The molecule has 0 saturated heterocycles. The van der Waals surface area contributed by atoms with Gasteiger partial charge in [-0.1, -0.05) is 6.07 Å². The zero-order valence-electron chi connectivity index (χ0n) is 9.24. The number of benzene rings is 1. The van der Waals surface area contributed by atoms with Crippen LogP contribution in [0.1, 0.15) is 5.56 Å². The molecule has 0 bridgehead atoms. The van der Waals surface area contributed by atoms with Crippen LogP contribution in [0.3, 0.4) is 0 Å². The maximum Gasteiger partial charge on any atom is 0.243 e. The summed E-state index contributed by atoms with van der Waals surface area (Å²) in [6, 6.07) is 3.78. The average Bonchev–Trinajstić information content (AvgIpc) is 2.28. The lowest BCUT2D eigenvalue weighted by molar-refractivity contribution is 0.204. The van der Waals surface area contributed by atoms with E-state index in [1.807, 2.05) is 0 Å². The molecule has 4 nitrogen and oxygen atoms in total. The van der Waals surface area contributed by atoms with Crippen molar-refractivity contribution in [2.45, 2.75) is 10.8 Å². The van der Waals surface area contributed by atoms with Crippen LogP contribution in [-0.2, 0) is 20.6 Å². The van der Waals surface area contributed by atoms with Crippen molar-refractivity contribution in [1.29, 1.82) is 0 Å². The van der Waals surface area contributed by atoms with Crippen molar-refractivity contribution in [1.82, 2.24) is 4.72 Å². The van der Waals surface area contributed by atoms with Crippen molar-refractivity contribution in [3.05, 3.63) is 29.6 Å². The van der Waals surface area contributed by atoms with Gasteiger partial charge < -0.3 is 4.74 Å². The number of nitrogens with one attached hydrogen (secondary N) is 1. The fourth-order valence-electron chi connectivity index (χ4n) is 1.20. The standard InChI is InChI=1S/C10H13ClFNO3S/c1-16-5-4-13-17(14,15)10-3-2-8(7-11)6-9(10)12/h2-3,6,13H,4-5,7H2,1H3. The second-order valence-corrected chi connectivity index (χ2v) is 5.29. The van der Waals surface area contributed by atoms with Gasteiger partial charge in [0.2, 0.25) is 10.0 Å². The third-order valence-electron chi connectivity index (χ3n) is 2.04. The highest BCUT2D eigenvalue weighted by Crippen LogP contribution is 2.16. The van der Waals surface area contributed by atoms with Crippen molar-refractivity contribution in [3.8, 4) is 0 Å². The van der Waals surface area contributed by atoms with Crippen LogP contribution in [0.2, 0.25) is 0 Å². The summed E-state index contributed by atoms with van der Waals surface area (Å²) in [4.78, 5) is -0.387. The molecule has 0 radical (unpaired) electrons. The molecule has 0 aliphatic heterocycles. The monoisotopic (exact) mass is 281 g/mol. The van der Waals surface area contributed by atoms with Crippen molar-refractivity contribution in [2.24, 2.45) is 0 Å². The molecule has 1 aromatic rings. The Bertz CT molecular complexity index is 478. The summed E-state index contributed by atoms with van der Waals surface area (Å²) in [5.74, 6) is -0.679. The zero-order chi connectivity index (χ0) is 12.9.